The van der Waals surface area contributed by atoms with Crippen molar-refractivity contribution in [1.29, 1.82) is 0 Å². The van der Waals surface area contributed by atoms with Gasteiger partial charge in [-0.25, -0.2) is 4.79 Å². The second-order valence-electron chi connectivity index (χ2n) is 6.19. The van der Waals surface area contributed by atoms with Crippen LogP contribution in [0.2, 0.25) is 0 Å². The maximum absolute atomic E-state index is 12.5. The summed E-state index contributed by atoms with van der Waals surface area (Å²) in [7, 11) is 1.50. The van der Waals surface area contributed by atoms with E-state index in [0.29, 0.717) is 28.5 Å². The van der Waals surface area contributed by atoms with Crippen LogP contribution in [0.4, 0.5) is 5.00 Å². The van der Waals surface area contributed by atoms with Gasteiger partial charge in [0.15, 0.2) is 18.1 Å². The quantitative estimate of drug-likeness (QED) is 0.556. The number of ether oxygens (including phenoxy) is 3. The van der Waals surface area contributed by atoms with Crippen molar-refractivity contribution in [3.8, 4) is 11.5 Å². The number of para-hydroxylation sites is 2. The molecule has 0 unspecified atom stereocenters. The summed E-state index contributed by atoms with van der Waals surface area (Å²) in [6.07, 6.45) is 0.844. The Balaban J connectivity index is 2.16. The number of hydrogen-bond donors (Lipinski definition) is 2. The summed E-state index contributed by atoms with van der Waals surface area (Å²) < 4.78 is 16.3. The highest BCUT2D eigenvalue weighted by molar-refractivity contribution is 7.18. The molecule has 0 saturated heterocycles. The molecule has 8 nitrogen and oxygen atoms in total. The van der Waals surface area contributed by atoms with Gasteiger partial charge in [-0.3, -0.25) is 9.59 Å². The molecular weight excluding hydrogens is 408 g/mol. The summed E-state index contributed by atoms with van der Waals surface area (Å²) >= 11 is 1.01. The van der Waals surface area contributed by atoms with E-state index in [9.17, 15) is 14.4 Å². The van der Waals surface area contributed by atoms with Crippen LogP contribution in [-0.2, 0) is 9.53 Å². The van der Waals surface area contributed by atoms with Gasteiger partial charge in [0.25, 0.3) is 11.8 Å². The molecule has 1 aromatic carbocycles. The molecule has 0 fully saturated rings. The van der Waals surface area contributed by atoms with Crippen LogP contribution >= 0.6 is 11.3 Å². The van der Waals surface area contributed by atoms with Crippen molar-refractivity contribution in [3.05, 3.63) is 40.3 Å². The lowest BCUT2D eigenvalue weighted by Crippen LogP contribution is -2.21. The first-order valence-corrected chi connectivity index (χ1v) is 10.4. The number of carbonyl (C=O) groups is 3. The predicted octanol–water partition coefficient (Wildman–Crippen LogP) is 3.40. The van der Waals surface area contributed by atoms with Gasteiger partial charge in [-0.15, -0.1) is 11.3 Å². The summed E-state index contributed by atoms with van der Waals surface area (Å²) in [6, 6.07) is 7.07. The van der Waals surface area contributed by atoms with E-state index in [4.69, 9.17) is 14.2 Å². The zero-order chi connectivity index (χ0) is 22.1. The smallest absolute Gasteiger partial charge is 0.341 e. The van der Waals surface area contributed by atoms with Crippen molar-refractivity contribution in [2.45, 2.75) is 27.2 Å². The minimum atomic E-state index is -0.601. The van der Waals surface area contributed by atoms with Crippen molar-refractivity contribution in [2.75, 3.05) is 32.2 Å². The van der Waals surface area contributed by atoms with E-state index in [1.54, 1.807) is 32.0 Å². The van der Waals surface area contributed by atoms with E-state index in [-0.39, 0.29) is 29.7 Å². The van der Waals surface area contributed by atoms with Crippen LogP contribution in [-0.4, -0.2) is 44.7 Å². The van der Waals surface area contributed by atoms with Gasteiger partial charge in [-0.05, 0) is 38.0 Å². The Bertz CT molecular complexity index is 909. The molecule has 0 spiro atoms. The fourth-order valence-corrected chi connectivity index (χ4v) is 3.74. The topological polar surface area (TPSA) is 103 Å². The normalized spacial score (nSPS) is 10.3. The van der Waals surface area contributed by atoms with Crippen molar-refractivity contribution in [3.63, 3.8) is 0 Å². The lowest BCUT2D eigenvalue weighted by atomic mass is 10.1. The van der Waals surface area contributed by atoms with E-state index in [2.05, 4.69) is 10.6 Å². The molecular formula is C21H26N2O6S. The van der Waals surface area contributed by atoms with E-state index in [1.807, 2.05) is 13.0 Å². The molecule has 2 rings (SSSR count). The van der Waals surface area contributed by atoms with Crippen molar-refractivity contribution < 1.29 is 28.6 Å². The summed E-state index contributed by atoms with van der Waals surface area (Å²) in [5.41, 5.74) is 0.618. The Morgan fingerprint density at radius 2 is 1.73 bits per heavy atom. The van der Waals surface area contributed by atoms with E-state index in [1.165, 1.54) is 7.05 Å². The molecule has 0 aliphatic rings. The van der Waals surface area contributed by atoms with Gasteiger partial charge in [-0.2, -0.15) is 0 Å². The van der Waals surface area contributed by atoms with Crippen LogP contribution in [0.5, 0.6) is 11.5 Å². The summed E-state index contributed by atoms with van der Waals surface area (Å²) in [6.45, 7) is 5.74. The number of nitrogens with one attached hydrogen (secondary N) is 2. The minimum absolute atomic E-state index is 0.167. The Morgan fingerprint density at radius 3 is 2.33 bits per heavy atom. The molecule has 2 amide bonds. The fraction of sp³-hybridized carbons (Fsp3) is 0.381. The first-order valence-electron chi connectivity index (χ1n) is 9.59. The Labute approximate surface area is 179 Å². The Hall–Kier alpha value is -3.07. The van der Waals surface area contributed by atoms with Crippen LogP contribution in [0.15, 0.2) is 24.3 Å². The zero-order valence-corrected chi connectivity index (χ0v) is 18.3. The second-order valence-corrected chi connectivity index (χ2v) is 7.21. The van der Waals surface area contributed by atoms with Gasteiger partial charge < -0.3 is 24.8 Å². The molecule has 2 aromatic rings. The Morgan fingerprint density at radius 1 is 1.07 bits per heavy atom. The standard InChI is InChI=1S/C21H26N2O6S/c1-5-11-28-14-9-7-8-10-15(14)29-12-16(24)23-20-17(21(26)27-6-2)13(3)18(30-20)19(25)22-4/h7-10H,5-6,11-12H2,1-4H3,(H,22,25)(H,23,24). The van der Waals surface area contributed by atoms with Gasteiger partial charge in [0.1, 0.15) is 5.00 Å². The molecule has 1 aromatic heterocycles. The summed E-state index contributed by atoms with van der Waals surface area (Å²) in [5.74, 6) is -0.429. The molecule has 9 heteroatoms. The second kappa shape index (κ2) is 11.2. The maximum Gasteiger partial charge on any atom is 0.341 e. The van der Waals surface area contributed by atoms with Crippen LogP contribution in [0.3, 0.4) is 0 Å². The minimum Gasteiger partial charge on any atom is -0.490 e. The number of hydrogen-bond acceptors (Lipinski definition) is 7. The van der Waals surface area contributed by atoms with Crippen molar-refractivity contribution in [2.24, 2.45) is 0 Å². The fourth-order valence-electron chi connectivity index (χ4n) is 2.59. The average molecular weight is 435 g/mol. The van der Waals surface area contributed by atoms with Gasteiger partial charge >= 0.3 is 5.97 Å². The van der Waals surface area contributed by atoms with Crippen LogP contribution in [0.1, 0.15) is 45.9 Å². The van der Waals surface area contributed by atoms with Gasteiger partial charge in [0.05, 0.1) is 23.7 Å². The predicted molar refractivity (Wildman–Crippen MR) is 115 cm³/mol. The van der Waals surface area contributed by atoms with E-state index >= 15 is 0 Å². The maximum atomic E-state index is 12.5. The largest absolute Gasteiger partial charge is 0.490 e. The molecule has 0 atom stereocenters. The van der Waals surface area contributed by atoms with Crippen LogP contribution in [0, 0.1) is 6.92 Å². The summed E-state index contributed by atoms with van der Waals surface area (Å²) in [4.78, 5) is 37.3. The van der Waals surface area contributed by atoms with Gasteiger partial charge in [0, 0.05) is 7.05 Å². The van der Waals surface area contributed by atoms with Crippen LogP contribution in [0.25, 0.3) is 0 Å². The first kappa shape index (κ1) is 23.2. The Kier molecular flexibility index (Phi) is 8.67. The third kappa shape index (κ3) is 5.73. The van der Waals surface area contributed by atoms with E-state index in [0.717, 1.165) is 17.8 Å². The van der Waals surface area contributed by atoms with Crippen molar-refractivity contribution in [1.82, 2.24) is 5.32 Å². The highest BCUT2D eigenvalue weighted by Gasteiger charge is 2.26. The summed E-state index contributed by atoms with van der Waals surface area (Å²) in [5, 5.41) is 5.42. The SMILES string of the molecule is CCCOc1ccccc1OCC(=O)Nc1sc(C(=O)NC)c(C)c1C(=O)OCC. The molecule has 162 valence electrons. The number of anilines is 1. The van der Waals surface area contributed by atoms with Gasteiger partial charge in [0.2, 0.25) is 0 Å². The van der Waals surface area contributed by atoms with E-state index < -0.39 is 11.9 Å². The molecule has 2 N–H and O–H groups in total. The molecule has 0 bridgehead atoms. The molecule has 0 aliphatic heterocycles. The number of esters is 1. The molecule has 0 radical (unpaired) electrons. The number of benzene rings is 1. The molecule has 30 heavy (non-hydrogen) atoms. The highest BCUT2D eigenvalue weighted by atomic mass is 32.1. The lowest BCUT2D eigenvalue weighted by molar-refractivity contribution is -0.118. The third-order valence-corrected chi connectivity index (χ3v) is 5.19. The number of rotatable bonds is 10. The number of carbonyl (C=O) groups excluding carboxylic acids is 3. The lowest BCUT2D eigenvalue weighted by Gasteiger charge is -2.12. The molecule has 0 aliphatic carbocycles. The zero-order valence-electron chi connectivity index (χ0n) is 17.5. The molecule has 1 heterocycles. The average Bonchev–Trinajstić information content (AvgIpc) is 3.06. The number of amides is 2. The third-order valence-electron chi connectivity index (χ3n) is 3.98. The van der Waals surface area contributed by atoms with Crippen molar-refractivity contribution >= 4 is 34.1 Å². The highest BCUT2D eigenvalue weighted by Crippen LogP contribution is 2.34. The van der Waals surface area contributed by atoms with Crippen LogP contribution < -0.4 is 20.1 Å². The number of thiophene rings is 1. The van der Waals surface area contributed by atoms with Gasteiger partial charge in [-0.1, -0.05) is 19.1 Å². The molecule has 0 saturated carbocycles. The first-order chi connectivity index (χ1) is 14.4. The monoisotopic (exact) mass is 434 g/mol.